The fourth-order valence-corrected chi connectivity index (χ4v) is 1.71. The van der Waals surface area contributed by atoms with E-state index in [9.17, 15) is 0 Å². The molecule has 82 valence electrons. The molecule has 0 aliphatic carbocycles. The minimum atomic E-state index is -0.0499. The third-order valence-corrected chi connectivity index (χ3v) is 2.63. The van der Waals surface area contributed by atoms with Crippen LogP contribution in [0.1, 0.15) is 32.3 Å². The lowest BCUT2D eigenvalue weighted by molar-refractivity contribution is 0.558. The van der Waals surface area contributed by atoms with Crippen LogP contribution in [0.25, 0.3) is 5.65 Å². The van der Waals surface area contributed by atoms with Crippen LogP contribution in [0.2, 0.25) is 0 Å². The predicted octanol–water partition coefficient (Wildman–Crippen LogP) is 1.26. The van der Waals surface area contributed by atoms with Crippen molar-refractivity contribution < 1.29 is 0 Å². The van der Waals surface area contributed by atoms with E-state index < -0.39 is 0 Å². The van der Waals surface area contributed by atoms with E-state index >= 15 is 0 Å². The summed E-state index contributed by atoms with van der Waals surface area (Å²) >= 11 is 0. The molecule has 0 fully saturated rings. The molecule has 2 aromatic rings. The van der Waals surface area contributed by atoms with Crippen molar-refractivity contribution in [1.29, 1.82) is 0 Å². The summed E-state index contributed by atoms with van der Waals surface area (Å²) in [4.78, 5) is 0. The smallest absolute Gasteiger partial charge is 0.181 e. The molecule has 2 N–H and O–H groups in total. The zero-order chi connectivity index (χ0) is 11.4. The second kappa shape index (κ2) is 2.74. The van der Waals surface area contributed by atoms with E-state index in [1.165, 1.54) is 0 Å². The fraction of sp³-hybridized carbons (Fsp3) is 0.600. The number of aryl methyl sites for hydroxylation is 2. The van der Waals surface area contributed by atoms with E-state index in [2.05, 4.69) is 31.0 Å². The Balaban J connectivity index is 2.78. The van der Waals surface area contributed by atoms with Gasteiger partial charge in [0.05, 0.1) is 5.69 Å². The van der Waals surface area contributed by atoms with Crippen LogP contribution >= 0.6 is 0 Å². The molecule has 0 aliphatic rings. The van der Waals surface area contributed by atoms with Crippen molar-refractivity contribution in [3.05, 3.63) is 11.5 Å². The Morgan fingerprint density at radius 2 is 1.80 bits per heavy atom. The van der Waals surface area contributed by atoms with Crippen molar-refractivity contribution >= 4 is 11.3 Å². The highest BCUT2D eigenvalue weighted by molar-refractivity contribution is 5.69. The van der Waals surface area contributed by atoms with E-state index in [-0.39, 0.29) is 5.41 Å². The molecule has 0 spiro atoms. The maximum Gasteiger partial charge on any atom is 0.181 e. The molecule has 0 unspecified atom stereocenters. The van der Waals surface area contributed by atoms with E-state index in [4.69, 9.17) is 5.73 Å². The molecule has 2 aromatic heterocycles. The Hall–Kier alpha value is -1.52. The summed E-state index contributed by atoms with van der Waals surface area (Å²) in [6, 6.07) is 0. The van der Waals surface area contributed by atoms with Gasteiger partial charge in [0, 0.05) is 12.5 Å². The fourth-order valence-electron chi connectivity index (χ4n) is 1.71. The molecule has 0 amide bonds. The van der Waals surface area contributed by atoms with Crippen molar-refractivity contribution in [3.63, 3.8) is 0 Å². The summed E-state index contributed by atoms with van der Waals surface area (Å²) in [5.74, 6) is 0.907. The standard InChI is InChI=1S/C10H17N5/c1-6-12-15-9(14(6)5)7(11)8(13-15)10(2,3)4/h11H2,1-5H3. The van der Waals surface area contributed by atoms with Gasteiger partial charge in [0.25, 0.3) is 0 Å². The van der Waals surface area contributed by atoms with Crippen molar-refractivity contribution in [3.8, 4) is 0 Å². The predicted molar refractivity (Wildman–Crippen MR) is 59.8 cm³/mol. The maximum absolute atomic E-state index is 6.10. The van der Waals surface area contributed by atoms with E-state index in [1.54, 1.807) is 4.63 Å². The maximum atomic E-state index is 6.10. The van der Waals surface area contributed by atoms with Crippen LogP contribution in [-0.2, 0) is 12.5 Å². The molecule has 0 aromatic carbocycles. The molecule has 0 aliphatic heterocycles. The average Bonchev–Trinajstić information content (AvgIpc) is 2.53. The van der Waals surface area contributed by atoms with Crippen molar-refractivity contribution in [2.24, 2.45) is 7.05 Å². The van der Waals surface area contributed by atoms with Gasteiger partial charge >= 0.3 is 0 Å². The van der Waals surface area contributed by atoms with Gasteiger partial charge in [-0.1, -0.05) is 20.8 Å². The number of nitrogens with two attached hydrogens (primary N) is 1. The number of hydrogen-bond donors (Lipinski definition) is 1. The molecular formula is C10H17N5. The van der Waals surface area contributed by atoms with Gasteiger partial charge in [-0.25, -0.2) is 0 Å². The van der Waals surface area contributed by atoms with E-state index in [1.807, 2.05) is 18.5 Å². The van der Waals surface area contributed by atoms with Gasteiger partial charge in [0.15, 0.2) is 5.65 Å². The highest BCUT2D eigenvalue weighted by Gasteiger charge is 2.24. The first-order valence-corrected chi connectivity index (χ1v) is 5.00. The van der Waals surface area contributed by atoms with E-state index in [0.29, 0.717) is 0 Å². The molecule has 15 heavy (non-hydrogen) atoms. The highest BCUT2D eigenvalue weighted by atomic mass is 15.5. The number of rotatable bonds is 0. The Morgan fingerprint density at radius 3 is 2.27 bits per heavy atom. The van der Waals surface area contributed by atoms with Crippen LogP contribution in [0.15, 0.2) is 0 Å². The van der Waals surface area contributed by atoms with Gasteiger partial charge in [0.1, 0.15) is 11.5 Å². The molecule has 0 radical (unpaired) electrons. The second-order valence-corrected chi connectivity index (χ2v) is 4.93. The van der Waals surface area contributed by atoms with E-state index in [0.717, 1.165) is 22.9 Å². The lowest BCUT2D eigenvalue weighted by Gasteiger charge is -2.15. The molecule has 0 bridgehead atoms. The lowest BCUT2D eigenvalue weighted by atomic mass is 9.91. The third-order valence-electron chi connectivity index (χ3n) is 2.63. The zero-order valence-corrected chi connectivity index (χ0v) is 9.87. The van der Waals surface area contributed by atoms with Gasteiger partial charge in [-0.3, -0.25) is 0 Å². The molecule has 0 saturated heterocycles. The molecule has 5 nitrogen and oxygen atoms in total. The third kappa shape index (κ3) is 1.30. The minimum Gasteiger partial charge on any atom is -0.394 e. The van der Waals surface area contributed by atoms with Crippen LogP contribution in [0.4, 0.5) is 5.69 Å². The first-order chi connectivity index (χ1) is 6.82. The first kappa shape index (κ1) is 10.0. The quantitative estimate of drug-likeness (QED) is 0.707. The summed E-state index contributed by atoms with van der Waals surface area (Å²) in [5, 5.41) is 8.72. The number of nitrogen functional groups attached to an aromatic ring is 1. The lowest BCUT2D eigenvalue weighted by Crippen LogP contribution is -2.14. The number of nitrogens with zero attached hydrogens (tertiary/aromatic N) is 4. The molecule has 0 atom stereocenters. The van der Waals surface area contributed by atoms with Crippen LogP contribution in [0, 0.1) is 6.92 Å². The normalized spacial score (nSPS) is 12.6. The molecular weight excluding hydrogens is 190 g/mol. The number of anilines is 1. The first-order valence-electron chi connectivity index (χ1n) is 5.00. The van der Waals surface area contributed by atoms with Gasteiger partial charge in [-0.15, -0.1) is 9.73 Å². The Morgan fingerprint density at radius 1 is 1.20 bits per heavy atom. The average molecular weight is 207 g/mol. The molecule has 5 heteroatoms. The SMILES string of the molecule is Cc1nn2nc(C(C)(C)C)c(N)c2n1C. The van der Waals surface area contributed by atoms with Gasteiger partial charge in [-0.2, -0.15) is 5.10 Å². The van der Waals surface area contributed by atoms with Crippen LogP contribution < -0.4 is 5.73 Å². The zero-order valence-electron chi connectivity index (χ0n) is 9.87. The van der Waals surface area contributed by atoms with Crippen LogP contribution in [0.3, 0.4) is 0 Å². The van der Waals surface area contributed by atoms with Gasteiger partial charge in [-0.05, 0) is 6.92 Å². The topological polar surface area (TPSA) is 61.1 Å². The Labute approximate surface area is 88.9 Å². The summed E-state index contributed by atoms with van der Waals surface area (Å²) in [6.07, 6.45) is 0. The number of hydrogen-bond acceptors (Lipinski definition) is 3. The minimum absolute atomic E-state index is 0.0499. The molecule has 2 rings (SSSR count). The van der Waals surface area contributed by atoms with Crippen molar-refractivity contribution in [1.82, 2.24) is 19.4 Å². The number of aromatic nitrogens is 4. The summed E-state index contributed by atoms with van der Waals surface area (Å²) in [6.45, 7) is 8.22. The summed E-state index contributed by atoms with van der Waals surface area (Å²) in [7, 11) is 1.95. The van der Waals surface area contributed by atoms with Crippen LogP contribution in [-0.4, -0.2) is 19.4 Å². The summed E-state index contributed by atoms with van der Waals surface area (Å²) in [5.41, 5.74) is 8.55. The van der Waals surface area contributed by atoms with Crippen LogP contribution in [0.5, 0.6) is 0 Å². The number of fused-ring (bicyclic) bond motifs is 1. The Kier molecular flexibility index (Phi) is 1.83. The van der Waals surface area contributed by atoms with Gasteiger partial charge in [0.2, 0.25) is 0 Å². The highest BCUT2D eigenvalue weighted by Crippen LogP contribution is 2.29. The summed E-state index contributed by atoms with van der Waals surface area (Å²) < 4.78 is 3.57. The Bertz CT molecular complexity index is 512. The largest absolute Gasteiger partial charge is 0.394 e. The molecule has 2 heterocycles. The van der Waals surface area contributed by atoms with Gasteiger partial charge < -0.3 is 10.3 Å². The molecule has 0 saturated carbocycles. The second-order valence-electron chi connectivity index (χ2n) is 4.93. The van der Waals surface area contributed by atoms with Crippen molar-refractivity contribution in [2.75, 3.05) is 5.73 Å². The van der Waals surface area contributed by atoms with Crippen molar-refractivity contribution in [2.45, 2.75) is 33.1 Å². The monoisotopic (exact) mass is 207 g/mol.